The first kappa shape index (κ1) is 21.8. The Labute approximate surface area is 196 Å². The molecular formula is C23H13Cl3FNO2S. The molecule has 0 aliphatic heterocycles. The van der Waals surface area contributed by atoms with E-state index in [2.05, 4.69) is 4.98 Å². The minimum atomic E-state index is -1.19. The maximum absolute atomic E-state index is 14.8. The Morgan fingerprint density at radius 2 is 1.68 bits per heavy atom. The lowest BCUT2D eigenvalue weighted by Crippen LogP contribution is -2.02. The Balaban J connectivity index is 1.80. The third-order valence-corrected chi connectivity index (χ3v) is 6.72. The van der Waals surface area contributed by atoms with Crippen molar-refractivity contribution in [3.8, 4) is 33.0 Å². The second-order valence-electron chi connectivity index (χ2n) is 6.79. The van der Waals surface area contributed by atoms with Crippen molar-refractivity contribution in [2.45, 2.75) is 6.92 Å². The van der Waals surface area contributed by atoms with Crippen LogP contribution in [0.5, 0.6) is 0 Å². The van der Waals surface area contributed by atoms with Gasteiger partial charge in [-0.3, -0.25) is 0 Å². The van der Waals surface area contributed by atoms with Crippen LogP contribution in [0.2, 0.25) is 15.1 Å². The quantitative estimate of drug-likeness (QED) is 0.312. The minimum absolute atomic E-state index is 0.0600. The van der Waals surface area contributed by atoms with Crippen LogP contribution in [0.1, 0.15) is 15.9 Å². The molecule has 0 aliphatic carbocycles. The molecule has 0 bridgehead atoms. The van der Waals surface area contributed by atoms with Gasteiger partial charge in [0.2, 0.25) is 0 Å². The predicted octanol–water partition coefficient (Wildman–Crippen LogP) is 8.25. The molecule has 0 radical (unpaired) electrons. The normalized spacial score (nSPS) is 11.0. The smallest absolute Gasteiger partial charge is 0.336 e. The average molecular weight is 493 g/mol. The zero-order valence-electron chi connectivity index (χ0n) is 15.9. The van der Waals surface area contributed by atoms with Crippen LogP contribution < -0.4 is 0 Å². The first-order valence-electron chi connectivity index (χ1n) is 9.00. The Bertz CT molecular complexity index is 1340. The van der Waals surface area contributed by atoms with Crippen molar-refractivity contribution < 1.29 is 14.3 Å². The zero-order valence-corrected chi connectivity index (χ0v) is 19.0. The van der Waals surface area contributed by atoms with Gasteiger partial charge in [-0.15, -0.1) is 11.3 Å². The van der Waals surface area contributed by atoms with Crippen molar-refractivity contribution in [2.75, 3.05) is 0 Å². The van der Waals surface area contributed by atoms with E-state index in [1.54, 1.807) is 49.4 Å². The SMILES string of the molecule is Cc1ccc(Cl)c(-c2ccc(-c3nc(-c4ccc(Cl)c(Cl)c4)cs3)cc2C(=O)O)c1F. The van der Waals surface area contributed by atoms with Crippen molar-refractivity contribution in [3.63, 3.8) is 0 Å². The molecular weight excluding hydrogens is 480 g/mol. The monoisotopic (exact) mass is 491 g/mol. The van der Waals surface area contributed by atoms with E-state index >= 15 is 0 Å². The van der Waals surface area contributed by atoms with Crippen LogP contribution in [0, 0.1) is 12.7 Å². The molecule has 0 unspecified atom stereocenters. The van der Waals surface area contributed by atoms with Crippen LogP contribution in [-0.4, -0.2) is 16.1 Å². The van der Waals surface area contributed by atoms with E-state index in [4.69, 9.17) is 34.8 Å². The van der Waals surface area contributed by atoms with E-state index in [0.29, 0.717) is 31.9 Å². The van der Waals surface area contributed by atoms with Crippen LogP contribution in [0.4, 0.5) is 4.39 Å². The van der Waals surface area contributed by atoms with Gasteiger partial charge in [-0.2, -0.15) is 0 Å². The van der Waals surface area contributed by atoms with Crippen LogP contribution in [0.25, 0.3) is 33.0 Å². The van der Waals surface area contributed by atoms with Gasteiger partial charge in [-0.05, 0) is 36.8 Å². The number of nitrogens with zero attached hydrogens (tertiary/aromatic N) is 1. The van der Waals surface area contributed by atoms with Gasteiger partial charge in [0.05, 0.1) is 26.3 Å². The third kappa shape index (κ3) is 4.19. The molecule has 4 aromatic rings. The van der Waals surface area contributed by atoms with E-state index in [-0.39, 0.29) is 21.7 Å². The standard InChI is InChI=1S/C23H13Cl3FNO2S/c1-11-2-6-17(25)20(21(11)27)14-5-3-13(8-15(14)23(29)30)22-28-19(10-31-22)12-4-7-16(24)18(26)9-12/h2-10H,1H3,(H,29,30). The van der Waals surface area contributed by atoms with Crippen molar-refractivity contribution >= 4 is 52.1 Å². The number of hydrogen-bond donors (Lipinski definition) is 1. The maximum atomic E-state index is 14.8. The van der Waals surface area contributed by atoms with Crippen molar-refractivity contribution in [1.82, 2.24) is 4.98 Å². The molecule has 0 saturated heterocycles. The summed E-state index contributed by atoms with van der Waals surface area (Å²) in [6.45, 7) is 1.60. The molecule has 0 spiro atoms. The molecule has 0 saturated carbocycles. The molecule has 0 atom stereocenters. The number of hydrogen-bond acceptors (Lipinski definition) is 3. The summed E-state index contributed by atoms with van der Waals surface area (Å²) in [5.41, 5.74) is 2.68. The number of halogens is 4. The molecule has 0 aliphatic rings. The molecule has 0 amide bonds. The largest absolute Gasteiger partial charge is 0.478 e. The third-order valence-electron chi connectivity index (χ3n) is 4.77. The Hall–Kier alpha value is -2.44. The maximum Gasteiger partial charge on any atom is 0.336 e. The highest BCUT2D eigenvalue weighted by atomic mass is 35.5. The number of carboxylic acids is 1. The van der Waals surface area contributed by atoms with Gasteiger partial charge in [0.1, 0.15) is 10.8 Å². The van der Waals surface area contributed by atoms with Gasteiger partial charge >= 0.3 is 5.97 Å². The van der Waals surface area contributed by atoms with Crippen molar-refractivity contribution in [2.24, 2.45) is 0 Å². The summed E-state index contributed by atoms with van der Waals surface area (Å²) < 4.78 is 14.8. The lowest BCUT2D eigenvalue weighted by Gasteiger charge is -2.12. The van der Waals surface area contributed by atoms with Gasteiger partial charge in [-0.25, -0.2) is 14.2 Å². The van der Waals surface area contributed by atoms with Crippen LogP contribution in [0.15, 0.2) is 53.9 Å². The van der Waals surface area contributed by atoms with Gasteiger partial charge in [0.25, 0.3) is 0 Å². The van der Waals surface area contributed by atoms with Crippen molar-refractivity contribution in [1.29, 1.82) is 0 Å². The van der Waals surface area contributed by atoms with Crippen molar-refractivity contribution in [3.05, 3.63) is 85.9 Å². The summed E-state index contributed by atoms with van der Waals surface area (Å²) in [6, 6.07) is 13.1. The molecule has 3 aromatic carbocycles. The number of aromatic carboxylic acids is 1. The van der Waals surface area contributed by atoms with Gasteiger partial charge in [0, 0.05) is 27.6 Å². The Morgan fingerprint density at radius 1 is 0.968 bits per heavy atom. The molecule has 0 fully saturated rings. The van der Waals surface area contributed by atoms with Gasteiger partial charge in [-0.1, -0.05) is 59.1 Å². The van der Waals surface area contributed by atoms with Gasteiger partial charge in [0.15, 0.2) is 0 Å². The van der Waals surface area contributed by atoms with E-state index in [1.165, 1.54) is 17.4 Å². The highest BCUT2D eigenvalue weighted by Gasteiger charge is 2.20. The highest BCUT2D eigenvalue weighted by molar-refractivity contribution is 7.13. The average Bonchev–Trinajstić information content (AvgIpc) is 3.23. The fourth-order valence-corrected chi connectivity index (χ4v) is 4.54. The van der Waals surface area contributed by atoms with E-state index < -0.39 is 11.8 Å². The van der Waals surface area contributed by atoms with E-state index in [0.717, 1.165) is 5.56 Å². The second kappa shape index (κ2) is 8.60. The first-order chi connectivity index (χ1) is 14.8. The molecule has 8 heteroatoms. The summed E-state index contributed by atoms with van der Waals surface area (Å²) in [4.78, 5) is 16.6. The van der Waals surface area contributed by atoms with E-state index in [1.807, 2.05) is 5.38 Å². The number of carbonyl (C=O) groups is 1. The molecule has 1 N–H and O–H groups in total. The number of thiazole rings is 1. The summed E-state index contributed by atoms with van der Waals surface area (Å²) in [5, 5.41) is 13.3. The zero-order chi connectivity index (χ0) is 22.3. The van der Waals surface area contributed by atoms with Gasteiger partial charge < -0.3 is 5.11 Å². The summed E-state index contributed by atoms with van der Waals surface area (Å²) >= 11 is 19.6. The molecule has 156 valence electrons. The molecule has 1 aromatic heterocycles. The second-order valence-corrected chi connectivity index (χ2v) is 8.87. The lowest BCUT2D eigenvalue weighted by molar-refractivity contribution is 0.0698. The van der Waals surface area contributed by atoms with Crippen LogP contribution >= 0.6 is 46.1 Å². The lowest BCUT2D eigenvalue weighted by atomic mass is 9.95. The molecule has 1 heterocycles. The topological polar surface area (TPSA) is 50.2 Å². The molecule has 4 rings (SSSR count). The minimum Gasteiger partial charge on any atom is -0.478 e. The molecule has 3 nitrogen and oxygen atoms in total. The highest BCUT2D eigenvalue weighted by Crippen LogP contribution is 2.38. The summed E-state index contributed by atoms with van der Waals surface area (Å²) in [5.74, 6) is -1.73. The number of aromatic nitrogens is 1. The number of benzene rings is 3. The Morgan fingerprint density at radius 3 is 2.39 bits per heavy atom. The molecule has 31 heavy (non-hydrogen) atoms. The van der Waals surface area contributed by atoms with E-state index in [9.17, 15) is 14.3 Å². The number of rotatable bonds is 4. The number of carboxylic acid groups (broad SMARTS) is 1. The fraction of sp³-hybridized carbons (Fsp3) is 0.0435. The Kier molecular flexibility index (Phi) is 6.04. The summed E-state index contributed by atoms with van der Waals surface area (Å²) in [7, 11) is 0. The number of aryl methyl sites for hydroxylation is 1. The predicted molar refractivity (Wildman–Crippen MR) is 125 cm³/mol. The fourth-order valence-electron chi connectivity index (χ4n) is 3.17. The van der Waals surface area contributed by atoms with Crippen LogP contribution in [0.3, 0.4) is 0 Å². The first-order valence-corrected chi connectivity index (χ1v) is 11.0. The van der Waals surface area contributed by atoms with Crippen LogP contribution in [-0.2, 0) is 0 Å². The summed E-state index contributed by atoms with van der Waals surface area (Å²) in [6.07, 6.45) is 0.